The molecule has 0 spiro atoms. The van der Waals surface area contributed by atoms with Crippen LogP contribution >= 0.6 is 0 Å². The van der Waals surface area contributed by atoms with E-state index in [2.05, 4.69) is 15.5 Å². The van der Waals surface area contributed by atoms with Crippen LogP contribution in [-0.4, -0.2) is 54.2 Å². The number of hydrogen-bond donors (Lipinski definition) is 2. The average molecular weight is 297 g/mol. The second kappa shape index (κ2) is 7.22. The smallest absolute Gasteiger partial charge is 0.321 e. The zero-order chi connectivity index (χ0) is 15.4. The largest absolute Gasteiger partial charge is 0.373 e. The van der Waals surface area contributed by atoms with Gasteiger partial charge in [-0.2, -0.15) is 0 Å². The lowest BCUT2D eigenvalue weighted by atomic mass is 10.1. The molecule has 1 saturated carbocycles. The standard InChI is InChI=1S/C15H27N3O3/c1-10-8-18(9-11(2)21-10)12(3)14(19)17-15(20)16-13-6-4-5-7-13/h10-13H,4-9H2,1-3H3,(H2,16,17,19,20)/t10-,11+,12-/m1/s1. The molecular weight excluding hydrogens is 270 g/mol. The predicted octanol–water partition coefficient (Wildman–Crippen LogP) is 1.25. The molecule has 120 valence electrons. The Morgan fingerprint density at radius 3 is 2.29 bits per heavy atom. The number of imide groups is 1. The van der Waals surface area contributed by atoms with E-state index in [1.165, 1.54) is 0 Å². The summed E-state index contributed by atoms with van der Waals surface area (Å²) in [5.74, 6) is -0.244. The number of hydrogen-bond acceptors (Lipinski definition) is 4. The van der Waals surface area contributed by atoms with Crippen LogP contribution in [0.25, 0.3) is 0 Å². The normalized spacial score (nSPS) is 29.1. The van der Waals surface area contributed by atoms with Crippen molar-refractivity contribution < 1.29 is 14.3 Å². The third-order valence-electron chi connectivity index (χ3n) is 4.30. The van der Waals surface area contributed by atoms with Crippen molar-refractivity contribution in [3.05, 3.63) is 0 Å². The van der Waals surface area contributed by atoms with Gasteiger partial charge in [0.25, 0.3) is 0 Å². The predicted molar refractivity (Wildman–Crippen MR) is 80.0 cm³/mol. The SMILES string of the molecule is C[C@@H]1CN([C@H](C)C(=O)NC(=O)NC2CCCC2)C[C@H](C)O1. The van der Waals surface area contributed by atoms with Crippen LogP contribution in [0.2, 0.25) is 0 Å². The van der Waals surface area contributed by atoms with Crippen LogP contribution in [0.3, 0.4) is 0 Å². The second-order valence-electron chi connectivity index (χ2n) is 6.33. The summed E-state index contributed by atoms with van der Waals surface area (Å²) in [4.78, 5) is 26.1. The molecule has 3 amide bonds. The molecule has 2 aliphatic rings. The Labute approximate surface area is 126 Å². The number of carbonyl (C=O) groups is 2. The second-order valence-corrected chi connectivity index (χ2v) is 6.33. The van der Waals surface area contributed by atoms with Gasteiger partial charge >= 0.3 is 6.03 Å². The molecule has 1 saturated heterocycles. The highest BCUT2D eigenvalue weighted by atomic mass is 16.5. The molecular formula is C15H27N3O3. The van der Waals surface area contributed by atoms with E-state index >= 15 is 0 Å². The fraction of sp³-hybridized carbons (Fsp3) is 0.867. The highest BCUT2D eigenvalue weighted by Crippen LogP contribution is 2.17. The Balaban J connectivity index is 1.79. The van der Waals surface area contributed by atoms with Crippen LogP contribution in [0.5, 0.6) is 0 Å². The molecule has 21 heavy (non-hydrogen) atoms. The molecule has 6 nitrogen and oxygen atoms in total. The summed E-state index contributed by atoms with van der Waals surface area (Å²) < 4.78 is 5.66. The summed E-state index contributed by atoms with van der Waals surface area (Å²) in [5.41, 5.74) is 0. The fourth-order valence-corrected chi connectivity index (χ4v) is 3.21. The molecule has 6 heteroatoms. The van der Waals surface area contributed by atoms with Crippen molar-refractivity contribution in [1.82, 2.24) is 15.5 Å². The summed E-state index contributed by atoms with van der Waals surface area (Å²) in [7, 11) is 0. The molecule has 3 atom stereocenters. The lowest BCUT2D eigenvalue weighted by Crippen LogP contribution is -2.56. The molecule has 1 aliphatic heterocycles. The molecule has 0 bridgehead atoms. The minimum absolute atomic E-state index is 0.108. The molecule has 2 rings (SSSR count). The van der Waals surface area contributed by atoms with E-state index in [0.29, 0.717) is 13.1 Å². The monoisotopic (exact) mass is 297 g/mol. The number of urea groups is 1. The van der Waals surface area contributed by atoms with Crippen LogP contribution in [0.15, 0.2) is 0 Å². The van der Waals surface area contributed by atoms with E-state index in [1.807, 2.05) is 20.8 Å². The van der Waals surface area contributed by atoms with Crippen molar-refractivity contribution in [3.63, 3.8) is 0 Å². The molecule has 0 aromatic rings. The van der Waals surface area contributed by atoms with Crippen molar-refractivity contribution in [2.45, 2.75) is 70.7 Å². The Hall–Kier alpha value is -1.14. The number of amides is 3. The first-order valence-electron chi connectivity index (χ1n) is 7.96. The third-order valence-corrected chi connectivity index (χ3v) is 4.30. The van der Waals surface area contributed by atoms with E-state index in [0.717, 1.165) is 25.7 Å². The first-order chi connectivity index (χ1) is 9.95. The highest BCUT2D eigenvalue weighted by molar-refractivity contribution is 5.96. The van der Waals surface area contributed by atoms with Crippen LogP contribution in [0.4, 0.5) is 4.79 Å². The van der Waals surface area contributed by atoms with Gasteiger partial charge in [-0.15, -0.1) is 0 Å². The maximum atomic E-state index is 12.2. The molecule has 0 aromatic heterocycles. The maximum Gasteiger partial charge on any atom is 0.321 e. The highest BCUT2D eigenvalue weighted by Gasteiger charge is 2.30. The minimum Gasteiger partial charge on any atom is -0.373 e. The lowest BCUT2D eigenvalue weighted by Gasteiger charge is -2.38. The van der Waals surface area contributed by atoms with Gasteiger partial charge in [-0.25, -0.2) is 4.79 Å². The molecule has 1 aliphatic carbocycles. The number of carbonyl (C=O) groups excluding carboxylic acids is 2. The van der Waals surface area contributed by atoms with Gasteiger partial charge in [0.2, 0.25) is 5.91 Å². The van der Waals surface area contributed by atoms with E-state index in [9.17, 15) is 9.59 Å². The van der Waals surface area contributed by atoms with Gasteiger partial charge in [0, 0.05) is 19.1 Å². The Morgan fingerprint density at radius 1 is 1.14 bits per heavy atom. The third kappa shape index (κ3) is 4.68. The average Bonchev–Trinajstić information content (AvgIpc) is 2.89. The summed E-state index contributed by atoms with van der Waals surface area (Å²) in [5, 5.41) is 5.33. The van der Waals surface area contributed by atoms with Gasteiger partial charge in [0.15, 0.2) is 0 Å². The van der Waals surface area contributed by atoms with Crippen molar-refractivity contribution in [3.8, 4) is 0 Å². The Morgan fingerprint density at radius 2 is 1.71 bits per heavy atom. The van der Waals surface area contributed by atoms with Crippen molar-refractivity contribution >= 4 is 11.9 Å². The van der Waals surface area contributed by atoms with Crippen LogP contribution < -0.4 is 10.6 Å². The number of ether oxygens (including phenoxy) is 1. The first kappa shape index (κ1) is 16.2. The van der Waals surface area contributed by atoms with Crippen molar-refractivity contribution in [2.75, 3.05) is 13.1 Å². The number of morpholine rings is 1. The molecule has 2 N–H and O–H groups in total. The van der Waals surface area contributed by atoms with Crippen LogP contribution in [0, 0.1) is 0 Å². The first-order valence-corrected chi connectivity index (χ1v) is 7.96. The Kier molecular flexibility index (Phi) is 5.58. The van der Waals surface area contributed by atoms with Gasteiger partial charge in [0.05, 0.1) is 18.2 Å². The number of nitrogens with zero attached hydrogens (tertiary/aromatic N) is 1. The van der Waals surface area contributed by atoms with Gasteiger partial charge in [-0.1, -0.05) is 12.8 Å². The van der Waals surface area contributed by atoms with Gasteiger partial charge in [-0.05, 0) is 33.6 Å². The zero-order valence-electron chi connectivity index (χ0n) is 13.2. The quantitative estimate of drug-likeness (QED) is 0.822. The van der Waals surface area contributed by atoms with E-state index < -0.39 is 0 Å². The van der Waals surface area contributed by atoms with Crippen LogP contribution in [-0.2, 0) is 9.53 Å². The maximum absolute atomic E-state index is 12.2. The Bertz CT molecular complexity index is 372. The van der Waals surface area contributed by atoms with Gasteiger partial charge in [-0.3, -0.25) is 15.0 Å². The van der Waals surface area contributed by atoms with Gasteiger partial charge < -0.3 is 10.1 Å². The minimum atomic E-state index is -0.367. The van der Waals surface area contributed by atoms with Crippen LogP contribution in [0.1, 0.15) is 46.5 Å². The zero-order valence-corrected chi connectivity index (χ0v) is 13.2. The van der Waals surface area contributed by atoms with E-state index in [-0.39, 0.29) is 36.2 Å². The van der Waals surface area contributed by atoms with E-state index in [1.54, 1.807) is 0 Å². The summed E-state index contributed by atoms with van der Waals surface area (Å²) in [6, 6.07) is -0.474. The number of nitrogens with one attached hydrogen (secondary N) is 2. The summed E-state index contributed by atoms with van der Waals surface area (Å²) >= 11 is 0. The van der Waals surface area contributed by atoms with Crippen molar-refractivity contribution in [2.24, 2.45) is 0 Å². The molecule has 1 heterocycles. The lowest BCUT2D eigenvalue weighted by molar-refractivity contribution is -0.130. The van der Waals surface area contributed by atoms with E-state index in [4.69, 9.17) is 4.74 Å². The molecule has 0 unspecified atom stereocenters. The fourth-order valence-electron chi connectivity index (χ4n) is 3.21. The van der Waals surface area contributed by atoms with Crippen molar-refractivity contribution in [1.29, 1.82) is 0 Å². The molecule has 0 aromatic carbocycles. The summed E-state index contributed by atoms with van der Waals surface area (Å²) in [6.45, 7) is 7.26. The van der Waals surface area contributed by atoms with Gasteiger partial charge in [0.1, 0.15) is 0 Å². The molecule has 2 fully saturated rings. The summed E-state index contributed by atoms with van der Waals surface area (Å²) in [6.07, 6.45) is 4.54. The number of rotatable bonds is 3. The molecule has 0 radical (unpaired) electrons. The topological polar surface area (TPSA) is 70.7 Å².